The predicted octanol–water partition coefficient (Wildman–Crippen LogP) is 5.57. The lowest BCUT2D eigenvalue weighted by molar-refractivity contribution is -0.142. The van der Waals surface area contributed by atoms with E-state index in [1.165, 1.54) is 18.9 Å². The summed E-state index contributed by atoms with van der Waals surface area (Å²) in [5.74, 6) is 2.43. The van der Waals surface area contributed by atoms with Gasteiger partial charge in [-0.25, -0.2) is 4.98 Å². The smallest absolute Gasteiger partial charge is 0.417 e. The van der Waals surface area contributed by atoms with E-state index in [1.807, 2.05) is 30.2 Å². The summed E-state index contributed by atoms with van der Waals surface area (Å²) in [5, 5.41) is 1.90. The first-order valence-electron chi connectivity index (χ1n) is 11.2. The van der Waals surface area contributed by atoms with Gasteiger partial charge < -0.3 is 14.3 Å². The van der Waals surface area contributed by atoms with E-state index in [0.29, 0.717) is 5.92 Å². The molecule has 3 heterocycles. The van der Waals surface area contributed by atoms with Crippen molar-refractivity contribution >= 4 is 0 Å². The maximum Gasteiger partial charge on any atom is 0.417 e. The molecule has 2 aromatic rings. The van der Waals surface area contributed by atoms with E-state index in [4.69, 9.17) is 14.3 Å². The van der Waals surface area contributed by atoms with Gasteiger partial charge in [0.05, 0.1) is 12.2 Å². The Morgan fingerprint density at radius 3 is 2.38 bits per heavy atom. The number of piperidine rings is 1. The molecule has 172 valence electrons. The molecule has 1 aliphatic carbocycles. The van der Waals surface area contributed by atoms with Gasteiger partial charge in [0.15, 0.2) is 11.5 Å². The van der Waals surface area contributed by atoms with Crippen molar-refractivity contribution in [3.8, 4) is 17.4 Å². The number of rotatable bonds is 7. The van der Waals surface area contributed by atoms with Gasteiger partial charge in [0.25, 0.3) is 0 Å². The van der Waals surface area contributed by atoms with Crippen LogP contribution in [0.3, 0.4) is 0 Å². The van der Waals surface area contributed by atoms with E-state index >= 15 is 0 Å². The van der Waals surface area contributed by atoms with Crippen molar-refractivity contribution < 1.29 is 27.5 Å². The SMILES string of the molecule is Cc1ccc(OC2C[C@H]3CC[C@@H](C2)N3Oc2ccc(C(F)(F)F)cn2)c(OCC2CC2)c1. The fourth-order valence-corrected chi connectivity index (χ4v) is 4.54. The summed E-state index contributed by atoms with van der Waals surface area (Å²) in [6, 6.07) is 8.60. The van der Waals surface area contributed by atoms with Crippen molar-refractivity contribution in [2.75, 3.05) is 6.61 Å². The minimum absolute atomic E-state index is 0.0406. The summed E-state index contributed by atoms with van der Waals surface area (Å²) >= 11 is 0. The highest BCUT2D eigenvalue weighted by Gasteiger charge is 2.44. The fraction of sp³-hybridized carbons (Fsp3) is 0.542. The van der Waals surface area contributed by atoms with Gasteiger partial charge in [-0.2, -0.15) is 13.2 Å². The molecule has 0 N–H and O–H groups in total. The molecule has 3 fully saturated rings. The van der Waals surface area contributed by atoms with Gasteiger partial charge in [0.2, 0.25) is 5.88 Å². The van der Waals surface area contributed by atoms with Crippen LogP contribution in [0.25, 0.3) is 0 Å². The molecule has 0 spiro atoms. The number of alkyl halides is 3. The van der Waals surface area contributed by atoms with E-state index < -0.39 is 11.7 Å². The van der Waals surface area contributed by atoms with Gasteiger partial charge in [-0.3, -0.25) is 0 Å². The van der Waals surface area contributed by atoms with Gasteiger partial charge >= 0.3 is 6.18 Å². The molecular weight excluding hydrogens is 421 g/mol. The summed E-state index contributed by atoms with van der Waals surface area (Å²) in [4.78, 5) is 9.75. The van der Waals surface area contributed by atoms with Gasteiger partial charge in [0.1, 0.15) is 6.10 Å². The standard InChI is InChI=1S/C24H27F3N2O3/c1-15-2-8-21(22(10-15)30-14-16-3-4-16)31-20-11-18-6-7-19(12-20)29(18)32-23-9-5-17(13-28-23)24(25,26)27/h2,5,8-10,13,16,18-20H,3-4,6-7,11-12,14H2,1H3/t18-,19+,20?. The molecular formula is C24H27F3N2O3. The first-order chi connectivity index (χ1) is 15.3. The average Bonchev–Trinajstić information content (AvgIpc) is 3.54. The van der Waals surface area contributed by atoms with E-state index in [2.05, 4.69) is 4.98 Å². The van der Waals surface area contributed by atoms with Crippen LogP contribution in [0.15, 0.2) is 36.5 Å². The molecule has 5 rings (SSSR count). The number of fused-ring (bicyclic) bond motifs is 2. The second-order valence-corrected chi connectivity index (χ2v) is 9.13. The molecule has 1 unspecified atom stereocenters. The summed E-state index contributed by atoms with van der Waals surface area (Å²) in [5.41, 5.74) is 0.355. The van der Waals surface area contributed by atoms with Gasteiger partial charge in [-0.1, -0.05) is 6.07 Å². The Balaban J connectivity index is 1.22. The molecule has 5 nitrogen and oxygen atoms in total. The summed E-state index contributed by atoms with van der Waals surface area (Å²) < 4.78 is 50.7. The number of ether oxygens (including phenoxy) is 2. The molecule has 0 amide bonds. The predicted molar refractivity (Wildman–Crippen MR) is 112 cm³/mol. The summed E-state index contributed by atoms with van der Waals surface area (Å²) in [6.07, 6.45) is 2.41. The molecule has 8 heteroatoms. The number of aryl methyl sites for hydroxylation is 1. The van der Waals surface area contributed by atoms with E-state index in [9.17, 15) is 13.2 Å². The lowest BCUT2D eigenvalue weighted by Gasteiger charge is -2.37. The zero-order valence-corrected chi connectivity index (χ0v) is 18.0. The van der Waals surface area contributed by atoms with E-state index in [0.717, 1.165) is 61.6 Å². The first-order valence-corrected chi connectivity index (χ1v) is 11.2. The molecule has 3 aliphatic rings. The van der Waals surface area contributed by atoms with Crippen LogP contribution in [-0.2, 0) is 6.18 Å². The van der Waals surface area contributed by atoms with Crippen LogP contribution in [0, 0.1) is 12.8 Å². The van der Waals surface area contributed by atoms with Crippen LogP contribution < -0.4 is 14.3 Å². The number of aromatic nitrogens is 1. The van der Waals surface area contributed by atoms with Gasteiger partial charge in [-0.15, -0.1) is 5.06 Å². The first kappa shape index (κ1) is 21.4. The molecule has 1 saturated carbocycles. The Kier molecular flexibility index (Phi) is 5.65. The van der Waals surface area contributed by atoms with Crippen molar-refractivity contribution in [1.82, 2.24) is 10.0 Å². The Morgan fingerprint density at radius 1 is 1.00 bits per heavy atom. The highest BCUT2D eigenvalue weighted by atomic mass is 19.4. The van der Waals surface area contributed by atoms with Crippen molar-refractivity contribution in [3.63, 3.8) is 0 Å². The number of hydroxylamine groups is 2. The molecule has 2 aliphatic heterocycles. The molecule has 1 aromatic heterocycles. The normalized spacial score (nSPS) is 25.6. The maximum atomic E-state index is 12.8. The van der Waals surface area contributed by atoms with Crippen molar-refractivity contribution in [2.24, 2.45) is 5.92 Å². The summed E-state index contributed by atoms with van der Waals surface area (Å²) in [6.45, 7) is 2.77. The Bertz CT molecular complexity index is 932. The quantitative estimate of drug-likeness (QED) is 0.554. The number of pyridine rings is 1. The van der Waals surface area contributed by atoms with Gasteiger partial charge in [0, 0.05) is 37.2 Å². The second kappa shape index (κ2) is 8.46. The summed E-state index contributed by atoms with van der Waals surface area (Å²) in [7, 11) is 0. The largest absolute Gasteiger partial charge is 0.489 e. The lowest BCUT2D eigenvalue weighted by Crippen LogP contribution is -2.48. The van der Waals surface area contributed by atoms with Crippen LogP contribution in [0.2, 0.25) is 0 Å². The zero-order chi connectivity index (χ0) is 22.3. The van der Waals surface area contributed by atoms with Crippen LogP contribution in [0.1, 0.15) is 49.7 Å². The average molecular weight is 448 g/mol. The van der Waals surface area contributed by atoms with E-state index in [1.54, 1.807) is 0 Å². The molecule has 2 bridgehead atoms. The van der Waals surface area contributed by atoms with Crippen LogP contribution in [0.4, 0.5) is 13.2 Å². The Hall–Kier alpha value is -2.48. The maximum absolute atomic E-state index is 12.8. The van der Waals surface area contributed by atoms with Gasteiger partial charge in [-0.05, 0) is 62.3 Å². The van der Waals surface area contributed by atoms with Crippen LogP contribution >= 0.6 is 0 Å². The topological polar surface area (TPSA) is 43.8 Å². The number of benzene rings is 1. The second-order valence-electron chi connectivity index (χ2n) is 9.13. The van der Waals surface area contributed by atoms with Crippen LogP contribution in [0.5, 0.6) is 17.4 Å². The fourth-order valence-electron chi connectivity index (χ4n) is 4.54. The highest BCUT2D eigenvalue weighted by Crippen LogP contribution is 2.40. The van der Waals surface area contributed by atoms with Crippen molar-refractivity contribution in [2.45, 2.75) is 69.8 Å². The third-order valence-electron chi connectivity index (χ3n) is 6.45. The molecule has 32 heavy (non-hydrogen) atoms. The number of halogens is 3. The number of hydrogen-bond donors (Lipinski definition) is 0. The molecule has 2 saturated heterocycles. The zero-order valence-electron chi connectivity index (χ0n) is 18.0. The molecule has 0 radical (unpaired) electrons. The number of hydrogen-bond acceptors (Lipinski definition) is 5. The Labute approximate surface area is 185 Å². The Morgan fingerprint density at radius 2 is 1.75 bits per heavy atom. The number of nitrogens with zero attached hydrogens (tertiary/aromatic N) is 2. The minimum Gasteiger partial charge on any atom is -0.489 e. The van der Waals surface area contributed by atoms with Crippen molar-refractivity contribution in [1.29, 1.82) is 0 Å². The third kappa shape index (κ3) is 4.80. The third-order valence-corrected chi connectivity index (χ3v) is 6.45. The van der Waals surface area contributed by atoms with Crippen LogP contribution in [-0.4, -0.2) is 34.8 Å². The monoisotopic (exact) mass is 448 g/mol. The minimum atomic E-state index is -4.41. The van der Waals surface area contributed by atoms with E-state index in [-0.39, 0.29) is 24.1 Å². The van der Waals surface area contributed by atoms with Crippen molar-refractivity contribution in [3.05, 3.63) is 47.7 Å². The lowest BCUT2D eigenvalue weighted by atomic mass is 10.0. The molecule has 1 aromatic carbocycles. The molecule has 3 atom stereocenters. The highest BCUT2D eigenvalue weighted by molar-refractivity contribution is 5.43.